The molecular weight excluding hydrogens is 483 g/mol. The van der Waals surface area contributed by atoms with Crippen LogP contribution in [0.1, 0.15) is 11.3 Å². The summed E-state index contributed by atoms with van der Waals surface area (Å²) in [6.07, 6.45) is -2.08. The maximum Gasteiger partial charge on any atom is 0.418 e. The smallest absolute Gasteiger partial charge is 0.395 e. The van der Waals surface area contributed by atoms with Crippen molar-refractivity contribution in [2.75, 3.05) is 11.9 Å². The molecule has 4 rings (SSSR count). The lowest BCUT2D eigenvalue weighted by molar-refractivity contribution is -0.138. The van der Waals surface area contributed by atoms with E-state index in [9.17, 15) is 32.7 Å². The highest BCUT2D eigenvalue weighted by Gasteiger charge is 2.33. The first-order valence-corrected chi connectivity index (χ1v) is 10.6. The second kappa shape index (κ2) is 9.37. The molecule has 0 fully saturated rings. The molecule has 14 heteroatoms. The Kier molecular flexibility index (Phi) is 6.45. The normalized spacial score (nSPS) is 11.7. The predicted octanol–water partition coefficient (Wildman–Crippen LogP) is 1.31. The molecule has 0 bridgehead atoms. The largest absolute Gasteiger partial charge is 0.418 e. The number of aryl methyl sites for hydroxylation is 2. The molecule has 4 aromatic heterocycles. The highest BCUT2D eigenvalue weighted by molar-refractivity contribution is 5.90. The van der Waals surface area contributed by atoms with Crippen LogP contribution in [0.3, 0.4) is 0 Å². The molecule has 36 heavy (non-hydrogen) atoms. The molecule has 4 aromatic rings. The third-order valence-corrected chi connectivity index (χ3v) is 5.44. The topological polar surface area (TPSA) is 137 Å². The molecule has 0 atom stereocenters. The third kappa shape index (κ3) is 4.62. The average molecular weight is 503 g/mol. The van der Waals surface area contributed by atoms with Crippen LogP contribution >= 0.6 is 0 Å². The van der Waals surface area contributed by atoms with E-state index >= 15 is 0 Å². The number of aliphatic hydroxyl groups is 1. The number of pyridine rings is 2. The van der Waals surface area contributed by atoms with Gasteiger partial charge < -0.3 is 15.0 Å². The van der Waals surface area contributed by atoms with E-state index < -0.39 is 35.5 Å². The van der Waals surface area contributed by atoms with Crippen molar-refractivity contribution in [1.29, 1.82) is 0 Å². The number of fused-ring (bicyclic) bond motifs is 1. The first-order chi connectivity index (χ1) is 17.0. The Labute approximate surface area is 200 Å². The summed E-state index contributed by atoms with van der Waals surface area (Å²) in [4.78, 5) is 49.9. The number of imidazole rings is 1. The molecule has 0 saturated heterocycles. The van der Waals surface area contributed by atoms with Gasteiger partial charge in [-0.1, -0.05) is 6.07 Å². The molecule has 2 N–H and O–H groups in total. The van der Waals surface area contributed by atoms with Gasteiger partial charge in [-0.25, -0.2) is 14.8 Å². The summed E-state index contributed by atoms with van der Waals surface area (Å²) >= 11 is 0. The number of hydrogen-bond acceptors (Lipinski definition) is 7. The van der Waals surface area contributed by atoms with Crippen molar-refractivity contribution < 1.29 is 23.1 Å². The minimum atomic E-state index is -4.58. The minimum Gasteiger partial charge on any atom is -0.395 e. The van der Waals surface area contributed by atoms with E-state index in [-0.39, 0.29) is 47.0 Å². The Morgan fingerprint density at radius 1 is 1.19 bits per heavy atom. The lowest BCUT2D eigenvalue weighted by Crippen LogP contribution is -2.40. The fourth-order valence-corrected chi connectivity index (χ4v) is 3.70. The highest BCUT2D eigenvalue weighted by atomic mass is 19.4. The summed E-state index contributed by atoms with van der Waals surface area (Å²) < 4.78 is 43.0. The molecule has 0 aromatic carbocycles. The zero-order valence-corrected chi connectivity index (χ0v) is 19.1. The number of alkyl halides is 3. The molecule has 0 aliphatic rings. The van der Waals surface area contributed by atoms with Gasteiger partial charge in [0.15, 0.2) is 11.2 Å². The number of carbonyl (C=O) groups is 1. The number of hydrogen-bond donors (Lipinski definition) is 2. The van der Waals surface area contributed by atoms with Gasteiger partial charge in [0.1, 0.15) is 12.4 Å². The Hall–Kier alpha value is -4.33. The van der Waals surface area contributed by atoms with Gasteiger partial charge in [-0.05, 0) is 25.1 Å². The molecule has 0 spiro atoms. The van der Waals surface area contributed by atoms with Crippen molar-refractivity contribution in [3.63, 3.8) is 0 Å². The molecule has 0 radical (unpaired) electrons. The molecule has 4 heterocycles. The lowest BCUT2D eigenvalue weighted by atomic mass is 10.1. The highest BCUT2D eigenvalue weighted by Crippen LogP contribution is 2.33. The molecule has 0 aliphatic carbocycles. The minimum absolute atomic E-state index is 0.00665. The van der Waals surface area contributed by atoms with E-state index in [1.165, 1.54) is 49.3 Å². The maximum atomic E-state index is 13.3. The summed E-state index contributed by atoms with van der Waals surface area (Å²) in [5.74, 6) is -0.528. The summed E-state index contributed by atoms with van der Waals surface area (Å²) in [5.41, 5.74) is -2.07. The van der Waals surface area contributed by atoms with Gasteiger partial charge in [0.25, 0.3) is 5.56 Å². The number of rotatable bonds is 6. The number of nitrogens with zero attached hydrogens (tertiary/aromatic N) is 6. The fourth-order valence-electron chi connectivity index (χ4n) is 3.70. The van der Waals surface area contributed by atoms with Crippen LogP contribution in [0.4, 0.5) is 19.0 Å². The van der Waals surface area contributed by atoms with Gasteiger partial charge in [-0.3, -0.25) is 23.7 Å². The fraction of sp³-hybridized carbons (Fsp3) is 0.273. The van der Waals surface area contributed by atoms with E-state index in [0.29, 0.717) is 0 Å². The maximum absolute atomic E-state index is 13.3. The van der Waals surface area contributed by atoms with Crippen LogP contribution < -0.4 is 16.6 Å². The summed E-state index contributed by atoms with van der Waals surface area (Å²) in [5, 5.41) is 11.7. The average Bonchev–Trinajstić information content (AvgIpc) is 3.23. The van der Waals surface area contributed by atoms with Crippen molar-refractivity contribution in [3.8, 4) is 11.3 Å². The Balaban J connectivity index is 1.61. The second-order valence-corrected chi connectivity index (χ2v) is 7.88. The zero-order chi connectivity index (χ0) is 26.2. The number of aromatic nitrogens is 6. The number of amides is 1. The van der Waals surface area contributed by atoms with Crippen molar-refractivity contribution in [3.05, 3.63) is 68.9 Å². The molecule has 1 amide bonds. The summed E-state index contributed by atoms with van der Waals surface area (Å²) in [6.45, 7) is 0.240. The first-order valence-electron chi connectivity index (χ1n) is 10.6. The van der Waals surface area contributed by atoms with E-state index in [0.717, 1.165) is 15.2 Å². The van der Waals surface area contributed by atoms with Crippen LogP contribution in [-0.4, -0.2) is 46.3 Å². The standard InChI is InChI=1S/C22H20F3N7O4/c1-12-14(22(23,24)25)8-13(9-26-12)15-4-3-5-16(28-15)29-17(34)10-31-11-27-19-18(31)20(35)32(6-7-33)21(36)30(19)2/h3-5,8-9,11,33H,6-7,10H2,1-2H3,(H,28,29,34). The Morgan fingerprint density at radius 2 is 1.94 bits per heavy atom. The van der Waals surface area contributed by atoms with Gasteiger partial charge in [0, 0.05) is 24.5 Å². The van der Waals surface area contributed by atoms with Crippen LogP contribution in [0.5, 0.6) is 0 Å². The number of nitrogens with one attached hydrogen (secondary N) is 1. The molecule has 188 valence electrons. The van der Waals surface area contributed by atoms with Gasteiger partial charge in [-0.15, -0.1) is 0 Å². The van der Waals surface area contributed by atoms with Crippen molar-refractivity contribution in [2.45, 2.75) is 26.2 Å². The van der Waals surface area contributed by atoms with Crippen molar-refractivity contribution in [1.82, 2.24) is 28.7 Å². The zero-order valence-electron chi connectivity index (χ0n) is 19.1. The van der Waals surface area contributed by atoms with Gasteiger partial charge in [-0.2, -0.15) is 13.2 Å². The van der Waals surface area contributed by atoms with Crippen molar-refractivity contribution >= 4 is 22.9 Å². The first kappa shape index (κ1) is 24.8. The number of anilines is 1. The van der Waals surface area contributed by atoms with Gasteiger partial charge in [0.05, 0.1) is 30.7 Å². The van der Waals surface area contributed by atoms with E-state index in [1.807, 2.05) is 0 Å². The molecular formula is C22H20F3N7O4. The van der Waals surface area contributed by atoms with E-state index in [1.54, 1.807) is 0 Å². The molecule has 0 unspecified atom stereocenters. The van der Waals surface area contributed by atoms with Crippen LogP contribution in [0.15, 0.2) is 46.4 Å². The van der Waals surface area contributed by atoms with Crippen LogP contribution in [-0.2, 0) is 31.1 Å². The summed E-state index contributed by atoms with van der Waals surface area (Å²) in [7, 11) is 1.41. The van der Waals surface area contributed by atoms with Gasteiger partial charge in [0.2, 0.25) is 5.91 Å². The third-order valence-electron chi connectivity index (χ3n) is 5.44. The van der Waals surface area contributed by atoms with Gasteiger partial charge >= 0.3 is 11.9 Å². The van der Waals surface area contributed by atoms with Crippen molar-refractivity contribution in [2.24, 2.45) is 7.05 Å². The Morgan fingerprint density at radius 3 is 2.64 bits per heavy atom. The van der Waals surface area contributed by atoms with E-state index in [2.05, 4.69) is 20.3 Å². The number of halogens is 3. The molecule has 0 aliphatic heterocycles. The summed E-state index contributed by atoms with van der Waals surface area (Å²) in [6, 6.07) is 5.39. The number of carbonyl (C=O) groups excluding carboxylic acids is 1. The lowest BCUT2D eigenvalue weighted by Gasteiger charge is -2.12. The van der Waals surface area contributed by atoms with Crippen LogP contribution in [0.2, 0.25) is 0 Å². The quantitative estimate of drug-likeness (QED) is 0.405. The molecule has 11 nitrogen and oxygen atoms in total. The van der Waals surface area contributed by atoms with Crippen LogP contribution in [0, 0.1) is 6.92 Å². The number of aliphatic hydroxyl groups excluding tert-OH is 1. The van der Waals surface area contributed by atoms with Crippen LogP contribution in [0.25, 0.3) is 22.4 Å². The SMILES string of the molecule is Cc1ncc(-c2cccc(NC(=O)Cn3cnc4c3c(=O)n(CCO)c(=O)n4C)n2)cc1C(F)(F)F. The Bertz CT molecular complexity index is 1590. The predicted molar refractivity (Wildman–Crippen MR) is 122 cm³/mol. The van der Waals surface area contributed by atoms with E-state index in [4.69, 9.17) is 0 Å². The monoisotopic (exact) mass is 503 g/mol. The second-order valence-electron chi connectivity index (χ2n) is 7.88. The molecule has 0 saturated carbocycles.